The second-order valence-corrected chi connectivity index (χ2v) is 4.30. The molecule has 5 nitrogen and oxygen atoms in total. The molecule has 4 N–H and O–H groups in total. The third-order valence-electron chi connectivity index (χ3n) is 3.03. The molecule has 0 aromatic carbocycles. The maximum atomic E-state index is 6.20. The zero-order valence-electron chi connectivity index (χ0n) is 8.36. The quantitative estimate of drug-likeness (QED) is 0.699. The molecule has 14 heavy (non-hydrogen) atoms. The summed E-state index contributed by atoms with van der Waals surface area (Å²) < 4.78 is 5.03. The van der Waals surface area contributed by atoms with E-state index >= 15 is 0 Å². The molecule has 0 radical (unpaired) electrons. The summed E-state index contributed by atoms with van der Waals surface area (Å²) in [6.07, 6.45) is 4.02. The van der Waals surface area contributed by atoms with Crippen molar-refractivity contribution in [1.82, 2.24) is 10.1 Å². The van der Waals surface area contributed by atoms with E-state index in [0.29, 0.717) is 5.89 Å². The molecule has 0 bridgehead atoms. The van der Waals surface area contributed by atoms with Crippen molar-refractivity contribution in [3.05, 3.63) is 5.89 Å². The van der Waals surface area contributed by atoms with Gasteiger partial charge in [-0.1, -0.05) is 6.92 Å². The lowest BCUT2D eigenvalue weighted by Gasteiger charge is -2.32. The number of anilines is 1. The molecule has 1 heterocycles. The van der Waals surface area contributed by atoms with Crippen LogP contribution >= 0.6 is 0 Å². The minimum absolute atomic E-state index is 0.170. The van der Waals surface area contributed by atoms with Gasteiger partial charge < -0.3 is 16.0 Å². The van der Waals surface area contributed by atoms with Crippen LogP contribution in [-0.2, 0) is 5.54 Å². The monoisotopic (exact) mass is 196 g/mol. The molecule has 1 aliphatic carbocycles. The summed E-state index contributed by atoms with van der Waals surface area (Å²) in [6.45, 7) is 2.24. The van der Waals surface area contributed by atoms with E-state index in [4.69, 9.17) is 16.0 Å². The molecule has 78 valence electrons. The number of nitrogens with zero attached hydrogens (tertiary/aromatic N) is 2. The summed E-state index contributed by atoms with van der Waals surface area (Å²) in [5, 5.41) is 3.57. The van der Waals surface area contributed by atoms with Crippen LogP contribution in [0.2, 0.25) is 0 Å². The molecule has 1 fully saturated rings. The summed E-state index contributed by atoms with van der Waals surface area (Å²) in [6, 6.07) is 0. The number of hydrogen-bond acceptors (Lipinski definition) is 5. The Morgan fingerprint density at radius 3 is 2.57 bits per heavy atom. The highest BCUT2D eigenvalue weighted by Gasteiger charge is 2.36. The van der Waals surface area contributed by atoms with Gasteiger partial charge in [-0.3, -0.25) is 0 Å². The van der Waals surface area contributed by atoms with Crippen molar-refractivity contribution in [2.24, 2.45) is 11.7 Å². The molecule has 2 rings (SSSR count). The third-order valence-corrected chi connectivity index (χ3v) is 3.03. The molecule has 1 aromatic rings. The first-order valence-electron chi connectivity index (χ1n) is 4.99. The van der Waals surface area contributed by atoms with Gasteiger partial charge in [0.15, 0.2) is 0 Å². The Bertz CT molecular complexity index is 314. The Morgan fingerprint density at radius 1 is 1.43 bits per heavy atom. The molecular weight excluding hydrogens is 180 g/mol. The van der Waals surface area contributed by atoms with E-state index in [0.717, 1.165) is 31.6 Å². The van der Waals surface area contributed by atoms with E-state index < -0.39 is 5.54 Å². The summed E-state index contributed by atoms with van der Waals surface area (Å²) in [4.78, 5) is 4.01. The van der Waals surface area contributed by atoms with Crippen LogP contribution in [0.25, 0.3) is 0 Å². The number of rotatable bonds is 1. The fourth-order valence-electron chi connectivity index (χ4n) is 1.93. The fraction of sp³-hybridized carbons (Fsp3) is 0.778. The van der Waals surface area contributed by atoms with Crippen molar-refractivity contribution in [2.75, 3.05) is 5.73 Å². The zero-order valence-corrected chi connectivity index (χ0v) is 8.36. The highest BCUT2D eigenvalue weighted by atomic mass is 16.5. The molecule has 1 saturated carbocycles. The van der Waals surface area contributed by atoms with Crippen LogP contribution in [0.15, 0.2) is 4.52 Å². The maximum Gasteiger partial charge on any atom is 0.260 e. The minimum Gasteiger partial charge on any atom is -0.365 e. The van der Waals surface area contributed by atoms with Crippen LogP contribution in [0.3, 0.4) is 0 Å². The molecule has 0 atom stereocenters. The summed E-state index contributed by atoms with van der Waals surface area (Å²) >= 11 is 0. The highest BCUT2D eigenvalue weighted by Crippen LogP contribution is 2.36. The van der Waals surface area contributed by atoms with Crippen LogP contribution in [-0.4, -0.2) is 10.1 Å². The van der Waals surface area contributed by atoms with Gasteiger partial charge >= 0.3 is 0 Å². The number of nitrogen functional groups attached to an aromatic ring is 1. The van der Waals surface area contributed by atoms with E-state index in [1.807, 2.05) is 0 Å². The van der Waals surface area contributed by atoms with E-state index in [-0.39, 0.29) is 5.95 Å². The number of nitrogens with two attached hydrogens (primary N) is 2. The van der Waals surface area contributed by atoms with Gasteiger partial charge in [0.2, 0.25) is 5.89 Å². The van der Waals surface area contributed by atoms with Gasteiger partial charge in [-0.15, -0.1) is 0 Å². The van der Waals surface area contributed by atoms with E-state index in [1.165, 1.54) is 0 Å². The molecule has 0 amide bonds. The molecule has 1 aromatic heterocycles. The second-order valence-electron chi connectivity index (χ2n) is 4.30. The van der Waals surface area contributed by atoms with Crippen molar-refractivity contribution >= 4 is 5.95 Å². The first-order valence-corrected chi connectivity index (χ1v) is 4.99. The Kier molecular flexibility index (Phi) is 2.19. The van der Waals surface area contributed by atoms with Gasteiger partial charge in [0.05, 0.1) is 5.54 Å². The normalized spacial score (nSPS) is 33.1. The van der Waals surface area contributed by atoms with Crippen LogP contribution in [0.4, 0.5) is 5.95 Å². The second kappa shape index (κ2) is 3.24. The van der Waals surface area contributed by atoms with Gasteiger partial charge in [-0.2, -0.15) is 4.98 Å². The molecule has 0 unspecified atom stereocenters. The van der Waals surface area contributed by atoms with Crippen LogP contribution in [0, 0.1) is 5.92 Å². The van der Waals surface area contributed by atoms with Gasteiger partial charge in [-0.05, 0) is 36.8 Å². The molecular formula is C9H16N4O. The average molecular weight is 196 g/mol. The van der Waals surface area contributed by atoms with Crippen LogP contribution < -0.4 is 11.5 Å². The van der Waals surface area contributed by atoms with Gasteiger partial charge in [0.25, 0.3) is 5.95 Å². The number of aromatic nitrogens is 2. The number of hydrogen-bond donors (Lipinski definition) is 2. The van der Waals surface area contributed by atoms with Crippen LogP contribution in [0.1, 0.15) is 38.5 Å². The Morgan fingerprint density at radius 2 is 2.07 bits per heavy atom. The predicted molar refractivity (Wildman–Crippen MR) is 52.2 cm³/mol. The predicted octanol–water partition coefficient (Wildman–Crippen LogP) is 1.02. The summed E-state index contributed by atoms with van der Waals surface area (Å²) in [5.41, 5.74) is 11.2. The summed E-state index contributed by atoms with van der Waals surface area (Å²) in [7, 11) is 0. The van der Waals surface area contributed by atoms with Gasteiger partial charge in [-0.25, -0.2) is 0 Å². The van der Waals surface area contributed by atoms with Crippen molar-refractivity contribution in [3.8, 4) is 0 Å². The Balaban J connectivity index is 2.16. The molecule has 0 spiro atoms. The van der Waals surface area contributed by atoms with Crippen molar-refractivity contribution in [1.29, 1.82) is 0 Å². The molecule has 1 aliphatic rings. The molecule has 0 saturated heterocycles. The zero-order chi connectivity index (χ0) is 10.2. The lowest BCUT2D eigenvalue weighted by atomic mass is 9.78. The summed E-state index contributed by atoms with van der Waals surface area (Å²) in [5.74, 6) is 1.40. The van der Waals surface area contributed by atoms with Crippen LogP contribution in [0.5, 0.6) is 0 Å². The standard InChI is InChI=1S/C9H16N4O/c1-6-2-4-9(11,5-3-6)7-12-8(10)13-14-7/h6H,2-5,11H2,1H3,(H2,10,13). The SMILES string of the molecule is CC1CCC(N)(c2nc(N)no2)CC1. The van der Waals surface area contributed by atoms with E-state index in [2.05, 4.69) is 17.1 Å². The lowest BCUT2D eigenvalue weighted by molar-refractivity contribution is 0.191. The van der Waals surface area contributed by atoms with Crippen molar-refractivity contribution in [2.45, 2.75) is 38.1 Å². The average Bonchev–Trinajstić information content (AvgIpc) is 2.58. The first-order chi connectivity index (χ1) is 6.60. The largest absolute Gasteiger partial charge is 0.365 e. The topological polar surface area (TPSA) is 91.0 Å². The lowest BCUT2D eigenvalue weighted by Crippen LogP contribution is -2.40. The van der Waals surface area contributed by atoms with Gasteiger partial charge in [0.1, 0.15) is 0 Å². The highest BCUT2D eigenvalue weighted by molar-refractivity contribution is 5.15. The van der Waals surface area contributed by atoms with Crippen molar-refractivity contribution < 1.29 is 4.52 Å². The Hall–Kier alpha value is -1.10. The van der Waals surface area contributed by atoms with Crippen molar-refractivity contribution in [3.63, 3.8) is 0 Å². The third kappa shape index (κ3) is 1.59. The maximum absolute atomic E-state index is 6.20. The first kappa shape index (κ1) is 9.45. The smallest absolute Gasteiger partial charge is 0.260 e. The van der Waals surface area contributed by atoms with E-state index in [9.17, 15) is 0 Å². The molecule has 5 heteroatoms. The fourth-order valence-corrected chi connectivity index (χ4v) is 1.93. The molecule has 0 aliphatic heterocycles. The van der Waals surface area contributed by atoms with E-state index in [1.54, 1.807) is 0 Å². The Labute approximate surface area is 82.8 Å². The van der Waals surface area contributed by atoms with Gasteiger partial charge in [0, 0.05) is 0 Å². The minimum atomic E-state index is -0.447.